The van der Waals surface area contributed by atoms with Gasteiger partial charge in [0, 0.05) is 48.0 Å². The Balaban J connectivity index is 1.28. The van der Waals surface area contributed by atoms with E-state index in [0.717, 1.165) is 44.7 Å². The summed E-state index contributed by atoms with van der Waals surface area (Å²) < 4.78 is 2.57. The van der Waals surface area contributed by atoms with Gasteiger partial charge in [0.25, 0.3) is 0 Å². The molecule has 1 heterocycles. The highest BCUT2D eigenvalue weighted by Gasteiger charge is 2.15. The number of hydrogen-bond donors (Lipinski definition) is 0. The Morgan fingerprint density at radius 2 is 1.12 bits per heavy atom. The number of hydrogen-bond acceptors (Lipinski definition) is 2. The lowest BCUT2D eigenvalue weighted by Crippen LogP contribution is -2.05. The van der Waals surface area contributed by atoms with Gasteiger partial charge in [-0.2, -0.15) is 0 Å². The summed E-state index contributed by atoms with van der Waals surface area (Å²) in [5.74, 6) is 0.626. The van der Waals surface area contributed by atoms with Crippen LogP contribution in [-0.4, -0.2) is 11.5 Å². The summed E-state index contributed by atoms with van der Waals surface area (Å²) in [5, 5.41) is 4.99. The molecule has 0 atom stereocenters. The van der Waals surface area contributed by atoms with Crippen LogP contribution in [0.15, 0.2) is 180 Å². The first kappa shape index (κ1) is 29.5. The molecule has 228 valence electrons. The molecule has 3 heteroatoms. The summed E-state index contributed by atoms with van der Waals surface area (Å²) in [6.07, 6.45) is 0. The van der Waals surface area contributed by atoms with Crippen LogP contribution in [-0.2, 0) is 0 Å². The van der Waals surface area contributed by atoms with Gasteiger partial charge in [-0.25, -0.2) is 9.98 Å². The van der Waals surface area contributed by atoms with Crippen molar-refractivity contribution >= 4 is 59.5 Å². The maximum atomic E-state index is 5.32. The molecule has 0 unspecified atom stereocenters. The molecule has 0 radical (unpaired) electrons. The highest BCUT2D eigenvalue weighted by atomic mass is 32.1. The molecule has 1 aromatic heterocycles. The monoisotopic (exact) mass is 632 g/mol. The molecule has 0 N–H and O–H groups in total. The first-order chi connectivity index (χ1) is 23.6. The molecular formula is C45H32N2S. The van der Waals surface area contributed by atoms with E-state index < -0.39 is 0 Å². The number of aliphatic imine (C=N–C) groups is 2. The van der Waals surface area contributed by atoms with Gasteiger partial charge in [-0.15, -0.1) is 11.3 Å². The molecule has 8 rings (SSSR count). The first-order valence-electron chi connectivity index (χ1n) is 16.1. The van der Waals surface area contributed by atoms with Crippen molar-refractivity contribution in [1.82, 2.24) is 0 Å². The molecular weight excluding hydrogens is 601 g/mol. The van der Waals surface area contributed by atoms with Crippen LogP contribution in [0.5, 0.6) is 0 Å². The van der Waals surface area contributed by atoms with E-state index >= 15 is 0 Å². The van der Waals surface area contributed by atoms with Crippen molar-refractivity contribution in [1.29, 1.82) is 0 Å². The number of fused-ring (bicyclic) bond motifs is 5. The van der Waals surface area contributed by atoms with Gasteiger partial charge in [0.15, 0.2) is 5.84 Å². The molecule has 0 amide bonds. The Morgan fingerprint density at radius 3 is 1.85 bits per heavy atom. The summed E-state index contributed by atoms with van der Waals surface area (Å²) >= 11 is 1.85. The van der Waals surface area contributed by atoms with Crippen molar-refractivity contribution in [3.05, 3.63) is 187 Å². The molecule has 0 fully saturated rings. The maximum Gasteiger partial charge on any atom is 0.160 e. The normalized spacial score (nSPS) is 12.2. The van der Waals surface area contributed by atoms with Gasteiger partial charge < -0.3 is 0 Å². The van der Waals surface area contributed by atoms with Gasteiger partial charge in [-0.1, -0.05) is 152 Å². The molecule has 0 aliphatic carbocycles. The summed E-state index contributed by atoms with van der Waals surface area (Å²) in [6.45, 7) is 6.54. The number of benzene rings is 7. The molecule has 8 aromatic rings. The van der Waals surface area contributed by atoms with Crippen molar-refractivity contribution in [2.45, 2.75) is 6.92 Å². The van der Waals surface area contributed by atoms with Gasteiger partial charge in [0.05, 0.1) is 5.70 Å². The zero-order chi connectivity index (χ0) is 32.5. The van der Waals surface area contributed by atoms with E-state index in [-0.39, 0.29) is 0 Å². The molecule has 48 heavy (non-hydrogen) atoms. The fraction of sp³-hybridized carbons (Fsp3) is 0.0222. The van der Waals surface area contributed by atoms with Crippen molar-refractivity contribution in [2.75, 3.05) is 0 Å². The Bertz CT molecular complexity index is 2520. The Labute approximate surface area is 284 Å². The summed E-state index contributed by atoms with van der Waals surface area (Å²) in [6, 6.07) is 57.3. The second-order valence-corrected chi connectivity index (χ2v) is 13.0. The van der Waals surface area contributed by atoms with E-state index in [9.17, 15) is 0 Å². The number of thiophene rings is 1. The average Bonchev–Trinajstić information content (AvgIpc) is 3.54. The predicted octanol–water partition coefficient (Wildman–Crippen LogP) is 12.5. The van der Waals surface area contributed by atoms with Crippen LogP contribution in [0.1, 0.15) is 23.6 Å². The molecule has 0 spiro atoms. The number of rotatable bonds is 6. The maximum absolute atomic E-state index is 5.32. The van der Waals surface area contributed by atoms with Gasteiger partial charge in [-0.05, 0) is 52.8 Å². The summed E-state index contributed by atoms with van der Waals surface area (Å²) in [5.41, 5.74) is 9.10. The fourth-order valence-electron chi connectivity index (χ4n) is 6.40. The van der Waals surface area contributed by atoms with Crippen LogP contribution < -0.4 is 0 Å². The van der Waals surface area contributed by atoms with Crippen LogP contribution >= 0.6 is 11.3 Å². The van der Waals surface area contributed by atoms with Crippen molar-refractivity contribution < 1.29 is 0 Å². The van der Waals surface area contributed by atoms with Crippen LogP contribution in [0.25, 0.3) is 58.9 Å². The predicted molar refractivity (Wildman–Crippen MR) is 208 cm³/mol. The first-order valence-corrected chi connectivity index (χ1v) is 16.9. The van der Waals surface area contributed by atoms with E-state index in [1.807, 2.05) is 23.5 Å². The second kappa shape index (κ2) is 12.7. The SMILES string of the molecule is C=C(N=C(N=C(C)c1cccc2ccc3c4ccccc4sc3c12)c1cccc(-c2ccccc2)c1)c1cccc(-c2ccccc2)c1. The zero-order valence-electron chi connectivity index (χ0n) is 26.6. The topological polar surface area (TPSA) is 24.7 Å². The van der Waals surface area contributed by atoms with E-state index in [0.29, 0.717) is 11.5 Å². The van der Waals surface area contributed by atoms with Gasteiger partial charge in [-0.3, -0.25) is 0 Å². The van der Waals surface area contributed by atoms with Crippen LogP contribution in [0.4, 0.5) is 0 Å². The minimum absolute atomic E-state index is 0.626. The highest BCUT2D eigenvalue weighted by molar-refractivity contribution is 7.26. The molecule has 0 saturated heterocycles. The quantitative estimate of drug-likeness (QED) is 0.129. The smallest absolute Gasteiger partial charge is 0.160 e. The Hall–Kier alpha value is -5.90. The van der Waals surface area contributed by atoms with Crippen molar-refractivity contribution in [3.8, 4) is 22.3 Å². The van der Waals surface area contributed by atoms with E-state index in [1.165, 1.54) is 30.9 Å². The molecule has 7 aromatic carbocycles. The lowest BCUT2D eigenvalue weighted by atomic mass is 9.99. The Kier molecular flexibility index (Phi) is 7.81. The molecule has 2 nitrogen and oxygen atoms in total. The average molecular weight is 633 g/mol. The third-order valence-electron chi connectivity index (χ3n) is 8.82. The van der Waals surface area contributed by atoms with E-state index in [4.69, 9.17) is 9.98 Å². The van der Waals surface area contributed by atoms with Crippen LogP contribution in [0, 0.1) is 0 Å². The van der Waals surface area contributed by atoms with E-state index in [1.54, 1.807) is 0 Å². The number of nitrogens with zero attached hydrogens (tertiary/aromatic N) is 2. The van der Waals surface area contributed by atoms with Crippen LogP contribution in [0.2, 0.25) is 0 Å². The van der Waals surface area contributed by atoms with Crippen molar-refractivity contribution in [3.63, 3.8) is 0 Å². The minimum Gasteiger partial charge on any atom is -0.233 e. The largest absolute Gasteiger partial charge is 0.233 e. The van der Waals surface area contributed by atoms with Gasteiger partial charge in [0.2, 0.25) is 0 Å². The third-order valence-corrected chi connectivity index (χ3v) is 10.0. The van der Waals surface area contributed by atoms with Gasteiger partial charge >= 0.3 is 0 Å². The standard InChI is InChI=1S/C45H32N2S/c1-30(35-19-11-20-36(28-35)32-14-5-3-6-15-32)46-45(38-22-12-21-37(29-38)33-16-7-4-8-17-33)47-31(2)39-24-13-18-34-26-27-41-40-23-9-10-25-42(40)48-44(41)43(34)39/h3-29H,1H2,2H3. The lowest BCUT2D eigenvalue weighted by molar-refractivity contribution is 1.44. The number of amidine groups is 1. The second-order valence-electron chi connectivity index (χ2n) is 11.9. The van der Waals surface area contributed by atoms with E-state index in [2.05, 4.69) is 165 Å². The minimum atomic E-state index is 0.626. The zero-order valence-corrected chi connectivity index (χ0v) is 27.4. The van der Waals surface area contributed by atoms with Crippen molar-refractivity contribution in [2.24, 2.45) is 9.98 Å². The summed E-state index contributed by atoms with van der Waals surface area (Å²) in [4.78, 5) is 10.5. The third kappa shape index (κ3) is 5.66. The Morgan fingerprint density at radius 1 is 0.521 bits per heavy atom. The summed E-state index contributed by atoms with van der Waals surface area (Å²) in [7, 11) is 0. The molecule has 0 saturated carbocycles. The molecule has 0 aliphatic rings. The molecule has 0 bridgehead atoms. The lowest BCUT2D eigenvalue weighted by Gasteiger charge is -2.11. The van der Waals surface area contributed by atoms with Crippen LogP contribution in [0.3, 0.4) is 0 Å². The van der Waals surface area contributed by atoms with Gasteiger partial charge in [0.1, 0.15) is 0 Å². The highest BCUT2D eigenvalue weighted by Crippen LogP contribution is 2.39. The molecule has 0 aliphatic heterocycles. The fourth-order valence-corrected chi connectivity index (χ4v) is 7.67.